The van der Waals surface area contributed by atoms with Crippen molar-refractivity contribution in [3.05, 3.63) is 82.1 Å². The van der Waals surface area contributed by atoms with E-state index in [0.29, 0.717) is 29.1 Å². The molecule has 0 saturated heterocycles. The zero-order valence-corrected chi connectivity index (χ0v) is 25.6. The molecule has 0 bridgehead atoms. The van der Waals surface area contributed by atoms with Gasteiger partial charge < -0.3 is 16.4 Å². The number of rotatable bonds is 10. The van der Waals surface area contributed by atoms with Crippen LogP contribution in [0.3, 0.4) is 0 Å². The molecule has 1 atom stereocenters. The maximum Gasteiger partial charge on any atom is 0.271 e. The number of anilines is 1. The number of carbonyl (C=O) groups excluding carboxylic acids is 2. The molecule has 11 nitrogen and oxygen atoms in total. The zero-order valence-electron chi connectivity index (χ0n) is 24.8. The van der Waals surface area contributed by atoms with Crippen LogP contribution in [0, 0.1) is 18.8 Å². The van der Waals surface area contributed by atoms with Crippen LogP contribution in [0.2, 0.25) is 0 Å². The van der Waals surface area contributed by atoms with Crippen LogP contribution >= 0.6 is 0 Å². The summed E-state index contributed by atoms with van der Waals surface area (Å²) in [5, 5.41) is 11.7. The summed E-state index contributed by atoms with van der Waals surface area (Å²) in [6.45, 7) is 2.47. The molecule has 1 aromatic heterocycles. The molecule has 2 amide bonds. The first-order chi connectivity index (χ1) is 21.1. The van der Waals surface area contributed by atoms with Gasteiger partial charge in [-0.3, -0.25) is 24.6 Å². The van der Waals surface area contributed by atoms with Crippen LogP contribution in [-0.2, 0) is 26.0 Å². The minimum absolute atomic E-state index is 0.144. The third-order valence-electron chi connectivity index (χ3n) is 8.51. The van der Waals surface area contributed by atoms with Gasteiger partial charge in [0.2, 0.25) is 21.8 Å². The van der Waals surface area contributed by atoms with Gasteiger partial charge in [-0.05, 0) is 105 Å². The summed E-state index contributed by atoms with van der Waals surface area (Å²) < 4.78 is 26.7. The molecule has 1 aliphatic rings. The molecule has 1 heterocycles. The molecule has 12 heteroatoms. The molecule has 232 valence electrons. The van der Waals surface area contributed by atoms with Crippen LogP contribution in [0.15, 0.2) is 70.4 Å². The molecule has 3 aromatic carbocycles. The maximum atomic E-state index is 13.6. The minimum Gasteiger partial charge on any atom is -0.344 e. The molecule has 0 spiro atoms. The van der Waals surface area contributed by atoms with E-state index in [9.17, 15) is 22.8 Å². The quantitative estimate of drug-likeness (QED) is 0.159. The number of amides is 2. The molecule has 1 aliphatic carbocycles. The second-order valence-electron chi connectivity index (χ2n) is 11.4. The smallest absolute Gasteiger partial charge is 0.271 e. The third kappa shape index (κ3) is 6.93. The highest BCUT2D eigenvalue weighted by atomic mass is 32.2. The first kappa shape index (κ1) is 31.2. The Labute approximate surface area is 256 Å². The lowest BCUT2D eigenvalue weighted by Crippen LogP contribution is -2.48. The average Bonchev–Trinajstić information content (AvgIpc) is 3.40. The average molecular weight is 619 g/mol. The molecule has 4 aromatic rings. The van der Waals surface area contributed by atoms with Crippen molar-refractivity contribution < 1.29 is 18.0 Å². The molecule has 5 rings (SSSR count). The first-order valence-electron chi connectivity index (χ1n) is 14.7. The van der Waals surface area contributed by atoms with Crippen molar-refractivity contribution >= 4 is 38.4 Å². The highest BCUT2D eigenvalue weighted by Crippen LogP contribution is 2.29. The Morgan fingerprint density at radius 1 is 0.977 bits per heavy atom. The molecule has 1 unspecified atom stereocenters. The topological polar surface area (TPSA) is 179 Å². The van der Waals surface area contributed by atoms with E-state index in [4.69, 9.17) is 5.73 Å². The number of nitrogens with two attached hydrogens (primary N) is 1. The van der Waals surface area contributed by atoms with Gasteiger partial charge in [0.15, 0.2) is 0 Å². The predicted octanol–water partition coefficient (Wildman–Crippen LogP) is 3.17. The van der Waals surface area contributed by atoms with Gasteiger partial charge >= 0.3 is 0 Å². The molecule has 0 radical (unpaired) electrons. The Morgan fingerprint density at radius 2 is 1.70 bits per heavy atom. The van der Waals surface area contributed by atoms with E-state index in [2.05, 4.69) is 25.6 Å². The van der Waals surface area contributed by atoms with E-state index < -0.39 is 16.1 Å². The molecule has 1 saturated carbocycles. The number of aromatic amines is 2. The molecule has 0 aliphatic heterocycles. The Hall–Kier alpha value is -4.26. The predicted molar refractivity (Wildman–Crippen MR) is 171 cm³/mol. The molecule has 7 N–H and O–H groups in total. The van der Waals surface area contributed by atoms with Crippen LogP contribution in [0.4, 0.5) is 5.69 Å². The summed E-state index contributed by atoms with van der Waals surface area (Å²) in [6.07, 6.45) is 3.52. The van der Waals surface area contributed by atoms with Crippen LogP contribution in [0.1, 0.15) is 36.8 Å². The molecule has 1 fully saturated rings. The lowest BCUT2D eigenvalue weighted by atomic mass is 9.81. The van der Waals surface area contributed by atoms with Gasteiger partial charge in [-0.2, -0.15) is 0 Å². The van der Waals surface area contributed by atoms with Crippen molar-refractivity contribution in [1.82, 2.24) is 20.2 Å². The summed E-state index contributed by atoms with van der Waals surface area (Å²) in [7, 11) is -2.17. The fraction of sp³-hybridized carbons (Fsp3) is 0.344. The monoisotopic (exact) mass is 618 g/mol. The number of hydrogen-bond acceptors (Lipinski definition) is 6. The van der Waals surface area contributed by atoms with Gasteiger partial charge in [-0.1, -0.05) is 30.3 Å². The Balaban J connectivity index is 1.34. The minimum atomic E-state index is -3.55. The van der Waals surface area contributed by atoms with Crippen molar-refractivity contribution in [2.45, 2.75) is 50.0 Å². The van der Waals surface area contributed by atoms with Gasteiger partial charge in [-0.25, -0.2) is 13.1 Å². The molecule has 44 heavy (non-hydrogen) atoms. The number of sulfonamides is 1. The van der Waals surface area contributed by atoms with Gasteiger partial charge in [0.05, 0.1) is 15.8 Å². The Bertz CT molecular complexity index is 1820. The summed E-state index contributed by atoms with van der Waals surface area (Å²) in [5.41, 5.74) is 10.1. The normalized spacial score (nSPS) is 17.7. The van der Waals surface area contributed by atoms with Gasteiger partial charge in [-0.15, -0.1) is 0 Å². The van der Waals surface area contributed by atoms with Gasteiger partial charge in [0, 0.05) is 18.0 Å². The lowest BCUT2D eigenvalue weighted by molar-refractivity contribution is -0.130. The highest BCUT2D eigenvalue weighted by molar-refractivity contribution is 7.89. The van der Waals surface area contributed by atoms with E-state index in [1.807, 2.05) is 31.2 Å². The summed E-state index contributed by atoms with van der Waals surface area (Å²) in [6, 6.07) is 16.7. The van der Waals surface area contributed by atoms with Crippen molar-refractivity contribution in [1.29, 1.82) is 0 Å². The number of fused-ring (bicyclic) bond motifs is 1. The summed E-state index contributed by atoms with van der Waals surface area (Å²) in [5.74, 6) is -0.254. The second-order valence-corrected chi connectivity index (χ2v) is 13.3. The van der Waals surface area contributed by atoms with Crippen LogP contribution in [0.25, 0.3) is 22.0 Å². The van der Waals surface area contributed by atoms with E-state index in [0.717, 1.165) is 47.9 Å². The van der Waals surface area contributed by atoms with Crippen LogP contribution in [-0.4, -0.2) is 50.1 Å². The fourth-order valence-corrected chi connectivity index (χ4v) is 6.62. The van der Waals surface area contributed by atoms with Crippen molar-refractivity contribution in [3.8, 4) is 11.1 Å². The van der Waals surface area contributed by atoms with E-state index in [-0.39, 0.29) is 34.6 Å². The van der Waals surface area contributed by atoms with Gasteiger partial charge in [0.1, 0.15) is 6.04 Å². The van der Waals surface area contributed by atoms with E-state index in [1.165, 1.54) is 7.05 Å². The van der Waals surface area contributed by atoms with Crippen LogP contribution in [0.5, 0.6) is 0 Å². The molecular weight excluding hydrogens is 580 g/mol. The zero-order chi connectivity index (χ0) is 31.4. The van der Waals surface area contributed by atoms with E-state index in [1.54, 1.807) is 36.4 Å². The Kier molecular flexibility index (Phi) is 9.33. The lowest BCUT2D eigenvalue weighted by Gasteiger charge is -2.28. The largest absolute Gasteiger partial charge is 0.344 e. The van der Waals surface area contributed by atoms with Crippen molar-refractivity contribution in [2.24, 2.45) is 17.6 Å². The second kappa shape index (κ2) is 13.2. The highest BCUT2D eigenvalue weighted by Gasteiger charge is 2.29. The maximum absolute atomic E-state index is 13.6. The first-order valence-corrected chi connectivity index (χ1v) is 16.2. The van der Waals surface area contributed by atoms with Crippen LogP contribution < -0.4 is 26.6 Å². The summed E-state index contributed by atoms with van der Waals surface area (Å²) in [4.78, 5) is 39.0. The van der Waals surface area contributed by atoms with Gasteiger partial charge in [0.25, 0.3) is 5.56 Å². The molecular formula is C32H38N6O5S. The third-order valence-corrected chi connectivity index (χ3v) is 9.92. The number of H-pyrrole nitrogens is 2. The number of aryl methyl sites for hydroxylation is 1. The summed E-state index contributed by atoms with van der Waals surface area (Å²) >= 11 is 0. The SMILES string of the molecule is CNS(=O)(=O)c1ccc(-c2ccc(CC(NC(=O)C3CCC(CN)CC3)C(=O)Nc3ccc4c(=O)[nH][nH]c4c3)cc2)c(C)c1. The number of aromatic nitrogens is 2. The van der Waals surface area contributed by atoms with Crippen molar-refractivity contribution in [3.63, 3.8) is 0 Å². The number of benzene rings is 3. The number of nitrogens with one attached hydrogen (secondary N) is 5. The fourth-order valence-electron chi connectivity index (χ4n) is 5.80. The number of carbonyl (C=O) groups is 2. The van der Waals surface area contributed by atoms with E-state index >= 15 is 0 Å². The Morgan fingerprint density at radius 3 is 2.36 bits per heavy atom. The number of hydrogen-bond donors (Lipinski definition) is 6. The standard InChI is InChI=1S/C32H38N6O5S/c1-19-15-25(44(42,43)34-2)12-14-26(19)22-7-3-20(4-8-22)16-29(36-30(39)23-9-5-21(18-33)6-10-23)32(41)35-24-11-13-27-28(17-24)37-38-31(27)40/h3-4,7-8,11-15,17,21,23,29,34H,5-6,9-10,16,18,33H2,1-2H3,(H,35,41)(H,36,39)(H2,37,38,40). The van der Waals surface area contributed by atoms with Crippen molar-refractivity contribution in [2.75, 3.05) is 18.9 Å².